The summed E-state index contributed by atoms with van der Waals surface area (Å²) in [5, 5.41) is 3.23. The van der Waals surface area contributed by atoms with Crippen LogP contribution < -0.4 is 11.1 Å². The van der Waals surface area contributed by atoms with Crippen molar-refractivity contribution in [3.05, 3.63) is 0 Å². The first-order chi connectivity index (χ1) is 8.40. The van der Waals surface area contributed by atoms with Gasteiger partial charge in [-0.3, -0.25) is 9.69 Å². The number of carbonyl (C=O) groups excluding carboxylic acids is 1. The molecule has 2 unspecified atom stereocenters. The molecule has 1 saturated heterocycles. The highest BCUT2D eigenvalue weighted by molar-refractivity contribution is 5.79. The number of nitrogens with two attached hydrogens (primary N) is 1. The van der Waals surface area contributed by atoms with Crippen molar-refractivity contribution in [1.29, 1.82) is 0 Å². The molecule has 0 aromatic rings. The van der Waals surface area contributed by atoms with E-state index < -0.39 is 0 Å². The van der Waals surface area contributed by atoms with Crippen molar-refractivity contribution in [2.24, 2.45) is 5.73 Å². The molecule has 0 spiro atoms. The fraction of sp³-hybridized carbons (Fsp3) is 0.923. The highest BCUT2D eigenvalue weighted by Gasteiger charge is 2.23. The fourth-order valence-electron chi connectivity index (χ4n) is 2.51. The molecule has 1 rings (SSSR count). The zero-order valence-electron chi connectivity index (χ0n) is 12.1. The minimum atomic E-state index is -0.245. The maximum Gasteiger partial charge on any atom is 0.234 e. The van der Waals surface area contributed by atoms with Crippen LogP contribution >= 0.6 is 0 Å². The van der Waals surface area contributed by atoms with E-state index in [-0.39, 0.29) is 18.0 Å². The third-order valence-electron chi connectivity index (χ3n) is 3.55. The normalized spacial score (nSPS) is 24.4. The van der Waals surface area contributed by atoms with Crippen LogP contribution in [0.2, 0.25) is 0 Å². The van der Waals surface area contributed by atoms with Crippen molar-refractivity contribution in [3.8, 4) is 0 Å². The molecule has 0 aliphatic carbocycles. The van der Waals surface area contributed by atoms with Gasteiger partial charge in [-0.2, -0.15) is 0 Å². The zero-order chi connectivity index (χ0) is 13.7. The lowest BCUT2D eigenvalue weighted by Gasteiger charge is -2.38. The summed E-state index contributed by atoms with van der Waals surface area (Å²) in [5.74, 6) is -0.245. The van der Waals surface area contributed by atoms with Gasteiger partial charge >= 0.3 is 0 Å². The maximum atomic E-state index is 11.4. The van der Waals surface area contributed by atoms with Crippen LogP contribution in [0.1, 0.15) is 27.2 Å². The Morgan fingerprint density at radius 3 is 2.61 bits per heavy atom. The average molecular weight is 256 g/mol. The number of carbonyl (C=O) groups is 1. The SMILES string of the molecule is CC(C)NC(CCN1CCN(C)CC1C)C(N)=O. The Morgan fingerprint density at radius 2 is 2.11 bits per heavy atom. The van der Waals surface area contributed by atoms with Gasteiger partial charge in [-0.25, -0.2) is 0 Å². The summed E-state index contributed by atoms with van der Waals surface area (Å²) in [5.41, 5.74) is 5.43. The number of nitrogens with zero attached hydrogens (tertiary/aromatic N) is 2. The lowest BCUT2D eigenvalue weighted by atomic mass is 10.1. The van der Waals surface area contributed by atoms with Gasteiger partial charge in [0.2, 0.25) is 5.91 Å². The molecule has 0 aromatic carbocycles. The molecule has 0 aromatic heterocycles. The molecular weight excluding hydrogens is 228 g/mol. The largest absolute Gasteiger partial charge is 0.368 e. The van der Waals surface area contributed by atoms with E-state index in [1.807, 2.05) is 13.8 Å². The number of piperazine rings is 1. The van der Waals surface area contributed by atoms with E-state index in [1.54, 1.807) is 0 Å². The van der Waals surface area contributed by atoms with Gasteiger partial charge in [0.25, 0.3) is 0 Å². The van der Waals surface area contributed by atoms with E-state index in [9.17, 15) is 4.79 Å². The third-order valence-corrected chi connectivity index (χ3v) is 3.55. The minimum Gasteiger partial charge on any atom is -0.368 e. The first kappa shape index (κ1) is 15.4. The number of hydrogen-bond acceptors (Lipinski definition) is 4. The van der Waals surface area contributed by atoms with Gasteiger partial charge in [-0.15, -0.1) is 0 Å². The van der Waals surface area contributed by atoms with Gasteiger partial charge in [0.1, 0.15) is 0 Å². The predicted molar refractivity (Wildman–Crippen MR) is 74.4 cm³/mol. The van der Waals surface area contributed by atoms with Gasteiger partial charge in [-0.05, 0) is 20.4 Å². The Labute approximate surface area is 111 Å². The summed E-state index contributed by atoms with van der Waals surface area (Å²) in [4.78, 5) is 16.2. The topological polar surface area (TPSA) is 61.6 Å². The summed E-state index contributed by atoms with van der Waals surface area (Å²) in [6.45, 7) is 10.5. The molecule has 0 saturated carbocycles. The van der Waals surface area contributed by atoms with E-state index in [0.717, 1.165) is 32.6 Å². The van der Waals surface area contributed by atoms with Crippen molar-refractivity contribution in [1.82, 2.24) is 15.1 Å². The van der Waals surface area contributed by atoms with E-state index in [1.165, 1.54) is 0 Å². The van der Waals surface area contributed by atoms with Gasteiger partial charge < -0.3 is 16.0 Å². The van der Waals surface area contributed by atoms with Crippen molar-refractivity contribution >= 4 is 5.91 Å². The van der Waals surface area contributed by atoms with Crippen LogP contribution in [0.4, 0.5) is 0 Å². The molecule has 5 nitrogen and oxygen atoms in total. The fourth-order valence-corrected chi connectivity index (χ4v) is 2.51. The Bertz CT molecular complexity index is 270. The summed E-state index contributed by atoms with van der Waals surface area (Å²) in [7, 11) is 2.15. The molecule has 106 valence electrons. The summed E-state index contributed by atoms with van der Waals surface area (Å²) in [6, 6.07) is 0.626. The quantitative estimate of drug-likeness (QED) is 0.695. The van der Waals surface area contributed by atoms with Crippen LogP contribution in [-0.4, -0.2) is 67.1 Å². The van der Waals surface area contributed by atoms with Crippen LogP contribution in [0.3, 0.4) is 0 Å². The molecular formula is C13H28N4O. The second-order valence-corrected chi connectivity index (χ2v) is 5.71. The van der Waals surface area contributed by atoms with E-state index in [4.69, 9.17) is 5.73 Å². The lowest BCUT2D eigenvalue weighted by molar-refractivity contribution is -0.120. The van der Waals surface area contributed by atoms with E-state index in [2.05, 4.69) is 29.1 Å². The number of nitrogens with one attached hydrogen (secondary N) is 1. The first-order valence-electron chi connectivity index (χ1n) is 6.88. The van der Waals surface area contributed by atoms with Gasteiger partial charge in [-0.1, -0.05) is 13.8 Å². The maximum absolute atomic E-state index is 11.4. The Hall–Kier alpha value is -0.650. The van der Waals surface area contributed by atoms with E-state index >= 15 is 0 Å². The molecule has 1 aliphatic rings. The van der Waals surface area contributed by atoms with Crippen LogP contribution in [0.15, 0.2) is 0 Å². The van der Waals surface area contributed by atoms with Crippen molar-refractivity contribution < 1.29 is 4.79 Å². The van der Waals surface area contributed by atoms with Crippen LogP contribution in [0.5, 0.6) is 0 Å². The Kier molecular flexibility index (Phi) is 6.05. The number of primary amides is 1. The number of likely N-dealkylation sites (N-methyl/N-ethyl adjacent to an activating group) is 1. The number of rotatable bonds is 6. The minimum absolute atomic E-state index is 0.211. The van der Waals surface area contributed by atoms with Crippen molar-refractivity contribution in [3.63, 3.8) is 0 Å². The second-order valence-electron chi connectivity index (χ2n) is 5.71. The van der Waals surface area contributed by atoms with Gasteiger partial charge in [0.05, 0.1) is 6.04 Å². The Morgan fingerprint density at radius 1 is 1.44 bits per heavy atom. The second kappa shape index (κ2) is 7.07. The Balaban J connectivity index is 2.39. The molecule has 2 atom stereocenters. The van der Waals surface area contributed by atoms with Gasteiger partial charge in [0, 0.05) is 38.3 Å². The molecule has 0 bridgehead atoms. The molecule has 1 fully saturated rings. The summed E-state index contributed by atoms with van der Waals surface area (Å²) >= 11 is 0. The molecule has 1 aliphatic heterocycles. The standard InChI is InChI=1S/C13H28N4O/c1-10(2)15-12(13(14)18)5-6-17-8-7-16(4)9-11(17)3/h10-12,15H,5-9H2,1-4H3,(H2,14,18). The van der Waals surface area contributed by atoms with Crippen LogP contribution in [0.25, 0.3) is 0 Å². The zero-order valence-corrected chi connectivity index (χ0v) is 12.1. The highest BCUT2D eigenvalue weighted by Crippen LogP contribution is 2.09. The lowest BCUT2D eigenvalue weighted by Crippen LogP contribution is -2.52. The van der Waals surface area contributed by atoms with Crippen molar-refractivity contribution in [2.75, 3.05) is 33.2 Å². The van der Waals surface area contributed by atoms with Crippen LogP contribution in [-0.2, 0) is 4.79 Å². The third kappa shape index (κ3) is 4.92. The van der Waals surface area contributed by atoms with E-state index in [0.29, 0.717) is 6.04 Å². The first-order valence-corrected chi connectivity index (χ1v) is 6.88. The summed E-state index contributed by atoms with van der Waals surface area (Å²) < 4.78 is 0. The molecule has 1 amide bonds. The summed E-state index contributed by atoms with van der Waals surface area (Å²) in [6.07, 6.45) is 0.793. The highest BCUT2D eigenvalue weighted by atomic mass is 16.1. The number of hydrogen-bond donors (Lipinski definition) is 2. The smallest absolute Gasteiger partial charge is 0.234 e. The number of amides is 1. The predicted octanol–water partition coefficient (Wildman–Crippen LogP) is -0.136. The molecule has 0 radical (unpaired) electrons. The molecule has 1 heterocycles. The average Bonchev–Trinajstić information content (AvgIpc) is 2.25. The van der Waals surface area contributed by atoms with Crippen LogP contribution in [0, 0.1) is 0 Å². The molecule has 5 heteroatoms. The monoisotopic (exact) mass is 256 g/mol. The molecule has 3 N–H and O–H groups in total. The molecule has 18 heavy (non-hydrogen) atoms. The van der Waals surface area contributed by atoms with Crippen molar-refractivity contribution in [2.45, 2.75) is 45.3 Å². The van der Waals surface area contributed by atoms with Gasteiger partial charge in [0.15, 0.2) is 0 Å².